The third kappa shape index (κ3) is 1.57. The van der Waals surface area contributed by atoms with Crippen LogP contribution in [0.15, 0.2) is 4.60 Å². The molecule has 2 heterocycles. The summed E-state index contributed by atoms with van der Waals surface area (Å²) in [5, 5.41) is 21.3. The van der Waals surface area contributed by atoms with Gasteiger partial charge in [0.2, 0.25) is 0 Å². The average molecular weight is 261 g/mol. The van der Waals surface area contributed by atoms with E-state index in [0.29, 0.717) is 11.1 Å². The number of aromatic nitrogens is 3. The number of nitrogens with one attached hydrogen (secondary N) is 1. The van der Waals surface area contributed by atoms with Crippen molar-refractivity contribution in [1.29, 1.82) is 0 Å². The Balaban J connectivity index is 2.36. The molecule has 0 amide bonds. The predicted octanol–water partition coefficient (Wildman–Crippen LogP) is 0.149. The second-order valence-corrected chi connectivity index (χ2v) is 4.42. The molecule has 6 heteroatoms. The van der Waals surface area contributed by atoms with Crippen LogP contribution in [0.5, 0.6) is 0 Å². The highest BCUT2D eigenvalue weighted by Gasteiger charge is 2.36. The Labute approximate surface area is 90.6 Å². The molecule has 1 atom stereocenters. The maximum Gasteiger partial charge on any atom is 0.154 e. The van der Waals surface area contributed by atoms with Gasteiger partial charge in [-0.15, -0.1) is 5.10 Å². The van der Waals surface area contributed by atoms with Crippen LogP contribution >= 0.6 is 15.9 Å². The van der Waals surface area contributed by atoms with Crippen molar-refractivity contribution < 1.29 is 5.11 Å². The first-order chi connectivity index (χ1) is 6.63. The lowest BCUT2D eigenvalue weighted by molar-refractivity contribution is 0.00414. The summed E-state index contributed by atoms with van der Waals surface area (Å²) in [7, 11) is 1.79. The fraction of sp³-hybridized carbons (Fsp3) is 0.750. The molecule has 14 heavy (non-hydrogen) atoms. The first-order valence-corrected chi connectivity index (χ1v) is 5.41. The minimum atomic E-state index is -0.838. The molecule has 0 spiro atoms. The highest BCUT2D eigenvalue weighted by molar-refractivity contribution is 9.10. The molecule has 0 aliphatic carbocycles. The van der Waals surface area contributed by atoms with Crippen molar-refractivity contribution in [3.63, 3.8) is 0 Å². The molecule has 2 N–H and O–H groups in total. The van der Waals surface area contributed by atoms with Crippen molar-refractivity contribution in [1.82, 2.24) is 20.3 Å². The summed E-state index contributed by atoms with van der Waals surface area (Å²) in [6, 6.07) is 0. The van der Waals surface area contributed by atoms with Gasteiger partial charge < -0.3 is 10.4 Å². The molecule has 0 aromatic carbocycles. The minimum Gasteiger partial charge on any atom is -0.382 e. The quantitative estimate of drug-likeness (QED) is 0.755. The molecule has 1 aromatic rings. The van der Waals surface area contributed by atoms with E-state index in [1.165, 1.54) is 0 Å². The smallest absolute Gasteiger partial charge is 0.154 e. The lowest BCUT2D eigenvalue weighted by atomic mass is 9.91. The van der Waals surface area contributed by atoms with E-state index in [1.807, 2.05) is 0 Å². The van der Waals surface area contributed by atoms with Crippen molar-refractivity contribution in [3.8, 4) is 0 Å². The Bertz CT molecular complexity index is 313. The first-order valence-electron chi connectivity index (χ1n) is 4.62. The van der Waals surface area contributed by atoms with E-state index < -0.39 is 5.60 Å². The number of hydrogen-bond donors (Lipinski definition) is 2. The van der Waals surface area contributed by atoms with Gasteiger partial charge in [0, 0.05) is 13.6 Å². The third-order valence-corrected chi connectivity index (χ3v) is 3.12. The van der Waals surface area contributed by atoms with Crippen LogP contribution < -0.4 is 5.32 Å². The number of piperidine rings is 1. The van der Waals surface area contributed by atoms with Gasteiger partial charge in [0.05, 0.1) is 0 Å². The lowest BCUT2D eigenvalue weighted by Gasteiger charge is -2.32. The van der Waals surface area contributed by atoms with Gasteiger partial charge >= 0.3 is 0 Å². The highest BCUT2D eigenvalue weighted by atomic mass is 79.9. The zero-order valence-corrected chi connectivity index (χ0v) is 9.58. The number of β-amino-alcohol motifs (C(OH)–C–C–N with tert-alkyl or cyclic N) is 1. The number of aryl methyl sites for hydroxylation is 1. The van der Waals surface area contributed by atoms with Crippen molar-refractivity contribution in [2.75, 3.05) is 13.1 Å². The Kier molecular flexibility index (Phi) is 2.59. The topological polar surface area (TPSA) is 63.0 Å². The first kappa shape index (κ1) is 10.1. The second-order valence-electron chi connectivity index (χ2n) is 3.66. The van der Waals surface area contributed by atoms with E-state index in [2.05, 4.69) is 31.6 Å². The average Bonchev–Trinajstić information content (AvgIpc) is 2.48. The lowest BCUT2D eigenvalue weighted by Crippen LogP contribution is -2.44. The largest absolute Gasteiger partial charge is 0.382 e. The van der Waals surface area contributed by atoms with E-state index in [4.69, 9.17) is 0 Å². The summed E-state index contributed by atoms with van der Waals surface area (Å²) in [5.74, 6) is 0. The summed E-state index contributed by atoms with van der Waals surface area (Å²) in [6.45, 7) is 1.53. The number of rotatable bonds is 1. The normalized spacial score (nSPS) is 27.9. The second kappa shape index (κ2) is 3.60. The van der Waals surface area contributed by atoms with Crippen LogP contribution in [0.25, 0.3) is 0 Å². The van der Waals surface area contributed by atoms with Crippen LogP contribution in [0.3, 0.4) is 0 Å². The number of aliphatic hydroxyl groups is 1. The van der Waals surface area contributed by atoms with E-state index >= 15 is 0 Å². The van der Waals surface area contributed by atoms with E-state index in [-0.39, 0.29) is 0 Å². The van der Waals surface area contributed by atoms with Gasteiger partial charge in [0.25, 0.3) is 0 Å². The molecule has 0 saturated carbocycles. The molecular weight excluding hydrogens is 248 g/mol. The molecule has 0 bridgehead atoms. The van der Waals surface area contributed by atoms with Gasteiger partial charge in [-0.3, -0.25) is 0 Å². The Morgan fingerprint density at radius 1 is 1.64 bits per heavy atom. The molecule has 1 saturated heterocycles. The number of halogens is 1. The van der Waals surface area contributed by atoms with Crippen LogP contribution in [0.1, 0.15) is 18.5 Å². The number of nitrogens with zero attached hydrogens (tertiary/aromatic N) is 3. The molecule has 0 radical (unpaired) electrons. The summed E-state index contributed by atoms with van der Waals surface area (Å²) in [5.41, 5.74) is -0.0836. The van der Waals surface area contributed by atoms with E-state index in [0.717, 1.165) is 25.1 Å². The van der Waals surface area contributed by atoms with E-state index in [1.54, 1.807) is 11.7 Å². The Morgan fingerprint density at radius 2 is 2.43 bits per heavy atom. The van der Waals surface area contributed by atoms with Gasteiger partial charge in [-0.25, -0.2) is 4.68 Å². The summed E-state index contributed by atoms with van der Waals surface area (Å²) in [4.78, 5) is 0. The van der Waals surface area contributed by atoms with Crippen molar-refractivity contribution in [2.24, 2.45) is 7.05 Å². The predicted molar refractivity (Wildman–Crippen MR) is 54.7 cm³/mol. The van der Waals surface area contributed by atoms with Crippen LogP contribution in [-0.2, 0) is 12.6 Å². The molecule has 1 aromatic heterocycles. The van der Waals surface area contributed by atoms with Gasteiger partial charge in [-0.2, -0.15) is 0 Å². The summed E-state index contributed by atoms with van der Waals surface area (Å²) >= 11 is 3.31. The maximum absolute atomic E-state index is 10.4. The third-order valence-electron chi connectivity index (χ3n) is 2.59. The SMILES string of the molecule is Cn1nnc(Br)c1C1(O)CCCNC1. The maximum atomic E-state index is 10.4. The zero-order valence-electron chi connectivity index (χ0n) is 8.00. The molecule has 1 unspecified atom stereocenters. The highest BCUT2D eigenvalue weighted by Crippen LogP contribution is 2.31. The monoisotopic (exact) mass is 260 g/mol. The van der Waals surface area contributed by atoms with Crippen LogP contribution in [0.4, 0.5) is 0 Å². The van der Waals surface area contributed by atoms with Crippen molar-refractivity contribution in [2.45, 2.75) is 18.4 Å². The number of hydrogen-bond acceptors (Lipinski definition) is 4. The molecule has 5 nitrogen and oxygen atoms in total. The fourth-order valence-electron chi connectivity index (χ4n) is 1.92. The molecule has 2 rings (SSSR count). The van der Waals surface area contributed by atoms with Crippen LogP contribution in [0, 0.1) is 0 Å². The standard InChI is InChI=1S/C8H13BrN4O/c1-13-6(7(9)11-12-13)8(14)3-2-4-10-5-8/h10,14H,2-5H2,1H3. The Hall–Kier alpha value is -0.460. The van der Waals surface area contributed by atoms with Crippen molar-refractivity contribution in [3.05, 3.63) is 10.3 Å². The zero-order chi connectivity index (χ0) is 10.2. The molecule has 78 valence electrons. The molecular formula is C8H13BrN4O. The molecule has 1 fully saturated rings. The van der Waals surface area contributed by atoms with Crippen LogP contribution in [-0.4, -0.2) is 33.2 Å². The Morgan fingerprint density at radius 3 is 2.93 bits per heavy atom. The molecule has 1 aliphatic heterocycles. The van der Waals surface area contributed by atoms with E-state index in [9.17, 15) is 5.11 Å². The van der Waals surface area contributed by atoms with Gasteiger partial charge in [-0.1, -0.05) is 5.21 Å². The summed E-state index contributed by atoms with van der Waals surface area (Å²) in [6.07, 6.45) is 1.72. The van der Waals surface area contributed by atoms with Gasteiger partial charge in [0.15, 0.2) is 4.60 Å². The van der Waals surface area contributed by atoms with Gasteiger partial charge in [-0.05, 0) is 35.3 Å². The fourth-order valence-corrected chi connectivity index (χ4v) is 2.61. The van der Waals surface area contributed by atoms with Crippen LogP contribution in [0.2, 0.25) is 0 Å². The van der Waals surface area contributed by atoms with Crippen molar-refractivity contribution >= 4 is 15.9 Å². The molecule has 1 aliphatic rings. The summed E-state index contributed by atoms with van der Waals surface area (Å²) < 4.78 is 2.25. The van der Waals surface area contributed by atoms with Gasteiger partial charge in [0.1, 0.15) is 11.3 Å². The minimum absolute atomic E-state index is 0.562.